The Kier molecular flexibility index (Phi) is 5.38. The molecule has 0 fully saturated rings. The first kappa shape index (κ1) is 13.4. The molecule has 0 aliphatic rings. The van der Waals surface area contributed by atoms with Gasteiger partial charge in [-0.1, -0.05) is 0 Å². The minimum Gasteiger partial charge on any atom is 0 e. The first-order chi connectivity index (χ1) is 3.71. The van der Waals surface area contributed by atoms with Crippen molar-refractivity contribution in [2.75, 3.05) is 0 Å². The molecule has 0 unspecified atom stereocenters. The standard InChI is InChI=1S/Ni.H2O6S2Se/c;1-7(2,3)9-8(4,5)6/h;(H,1,2,3)(H,4,5,6). The second kappa shape index (κ2) is 4.01. The van der Waals surface area contributed by atoms with Gasteiger partial charge in [0.1, 0.15) is 0 Å². The maximum Gasteiger partial charge on any atom is 0 e. The molecule has 0 rings (SSSR count). The van der Waals surface area contributed by atoms with Gasteiger partial charge in [0.05, 0.1) is 0 Å². The van der Waals surface area contributed by atoms with Crippen LogP contribution in [0.1, 0.15) is 0 Å². The van der Waals surface area contributed by atoms with Crippen LogP contribution in [0.25, 0.3) is 0 Å². The van der Waals surface area contributed by atoms with Crippen molar-refractivity contribution >= 4 is 29.8 Å². The Balaban J connectivity index is 0. The Bertz CT molecular complexity index is 241. The van der Waals surface area contributed by atoms with E-state index in [9.17, 15) is 16.8 Å². The SMILES string of the molecule is O=S(=O)(O)[Se]S(=O)(=O)O.[Ni]. The second-order valence-corrected chi connectivity index (χ2v) is 11.1. The minimum absolute atomic E-state index is 0. The summed E-state index contributed by atoms with van der Waals surface area (Å²) in [5.41, 5.74) is 0. The van der Waals surface area contributed by atoms with E-state index in [4.69, 9.17) is 9.11 Å². The predicted octanol–water partition coefficient (Wildman–Crippen LogP) is -1.71. The molecule has 0 aliphatic carbocycles. The van der Waals surface area contributed by atoms with Crippen molar-refractivity contribution in [3.05, 3.63) is 0 Å². The van der Waals surface area contributed by atoms with Crippen LogP contribution in [-0.4, -0.2) is 38.7 Å². The smallest absolute Gasteiger partial charge is 0 e. The fourth-order valence-electron chi connectivity index (χ4n) is 0.109. The van der Waals surface area contributed by atoms with Crippen molar-refractivity contribution in [1.82, 2.24) is 0 Å². The third-order valence-electron chi connectivity index (χ3n) is 0.172. The molecule has 10 heteroatoms. The van der Waals surface area contributed by atoms with Crippen molar-refractivity contribution in [3.63, 3.8) is 0 Å². The number of hydrogen-bond donors (Lipinski definition) is 2. The normalized spacial score (nSPS) is 12.2. The van der Waals surface area contributed by atoms with Gasteiger partial charge in [0.2, 0.25) is 0 Å². The molecule has 2 N–H and O–H groups in total. The third kappa shape index (κ3) is 11.6. The third-order valence-corrected chi connectivity index (χ3v) is 8.04. The van der Waals surface area contributed by atoms with E-state index in [0.29, 0.717) is 0 Å². The fourth-order valence-corrected chi connectivity index (χ4v) is 5.08. The molecule has 0 saturated carbocycles. The van der Waals surface area contributed by atoms with E-state index in [1.54, 1.807) is 0 Å². The zero-order valence-corrected chi connectivity index (χ0v) is 8.40. The topological polar surface area (TPSA) is 109 Å². The quantitative estimate of drug-likeness (QED) is 0.464. The molecule has 0 atom stereocenters. The van der Waals surface area contributed by atoms with Crippen LogP contribution in [0, 0.1) is 0 Å². The predicted molar refractivity (Wildman–Crippen MR) is 28.9 cm³/mol. The van der Waals surface area contributed by atoms with Gasteiger partial charge in [-0.3, -0.25) is 0 Å². The summed E-state index contributed by atoms with van der Waals surface area (Å²) in [6, 6.07) is 0. The van der Waals surface area contributed by atoms with E-state index in [0.717, 1.165) is 0 Å². The Morgan fingerprint density at radius 2 is 1.10 bits per heavy atom. The summed E-state index contributed by atoms with van der Waals surface area (Å²) in [7, 11) is -9.11. The molecule has 0 saturated heterocycles. The van der Waals surface area contributed by atoms with Crippen LogP contribution in [0.3, 0.4) is 0 Å². The Hall–Kier alpha value is 0.833. The molecule has 0 aliphatic heterocycles. The van der Waals surface area contributed by atoms with E-state index >= 15 is 0 Å². The van der Waals surface area contributed by atoms with Crippen molar-refractivity contribution in [1.29, 1.82) is 0 Å². The fraction of sp³-hybridized carbons (Fsp3) is 0. The summed E-state index contributed by atoms with van der Waals surface area (Å²) >= 11 is -2.19. The summed E-state index contributed by atoms with van der Waals surface area (Å²) in [5.74, 6) is 0. The molecule has 0 bridgehead atoms. The van der Waals surface area contributed by atoms with Crippen LogP contribution in [-0.2, 0) is 33.6 Å². The van der Waals surface area contributed by atoms with Gasteiger partial charge in [-0.05, 0) is 0 Å². The van der Waals surface area contributed by atoms with E-state index in [1.165, 1.54) is 0 Å². The van der Waals surface area contributed by atoms with Crippen molar-refractivity contribution in [2.45, 2.75) is 0 Å². The first-order valence-electron chi connectivity index (χ1n) is 1.37. The summed E-state index contributed by atoms with van der Waals surface area (Å²) in [5, 5.41) is 0. The summed E-state index contributed by atoms with van der Waals surface area (Å²) in [6.07, 6.45) is 0. The molecule has 0 spiro atoms. The maximum atomic E-state index is 9.69. The second-order valence-electron chi connectivity index (χ2n) is 0.924. The average Bonchev–Trinajstić information content (AvgIpc) is 1.14. The Morgan fingerprint density at radius 1 is 0.900 bits per heavy atom. The van der Waals surface area contributed by atoms with Gasteiger partial charge < -0.3 is 0 Å². The van der Waals surface area contributed by atoms with Gasteiger partial charge in [0.15, 0.2) is 0 Å². The summed E-state index contributed by atoms with van der Waals surface area (Å²) in [4.78, 5) is 0. The molecule has 0 aromatic carbocycles. The largest absolute Gasteiger partial charge is 0 e. The van der Waals surface area contributed by atoms with Gasteiger partial charge in [0.25, 0.3) is 0 Å². The number of rotatable bonds is 2. The van der Waals surface area contributed by atoms with Gasteiger partial charge in [-0.15, -0.1) is 0 Å². The zero-order valence-electron chi connectivity index (χ0n) is 4.07. The molecular formula is H2NiO6S2Se. The van der Waals surface area contributed by atoms with E-state index in [-0.39, 0.29) is 16.5 Å². The molecule has 0 aromatic rings. The molecule has 0 radical (unpaired) electrons. The summed E-state index contributed by atoms with van der Waals surface area (Å²) in [6.45, 7) is 0. The van der Waals surface area contributed by atoms with Gasteiger partial charge in [-0.2, -0.15) is 0 Å². The maximum absolute atomic E-state index is 9.69. The van der Waals surface area contributed by atoms with E-state index in [2.05, 4.69) is 0 Å². The van der Waals surface area contributed by atoms with Crippen LogP contribution >= 0.6 is 0 Å². The molecular weight excluding hydrogens is 298 g/mol. The van der Waals surface area contributed by atoms with Crippen LogP contribution in [0.15, 0.2) is 0 Å². The van der Waals surface area contributed by atoms with Crippen LogP contribution in [0.2, 0.25) is 0 Å². The van der Waals surface area contributed by atoms with Gasteiger partial charge >= 0.3 is 55.7 Å². The Labute approximate surface area is 72.1 Å². The van der Waals surface area contributed by atoms with Crippen LogP contribution in [0.5, 0.6) is 0 Å². The summed E-state index contributed by atoms with van der Waals surface area (Å²) < 4.78 is 54.4. The molecule has 0 amide bonds. The monoisotopic (exact) mass is 300 g/mol. The van der Waals surface area contributed by atoms with Crippen molar-refractivity contribution < 1.29 is 42.4 Å². The van der Waals surface area contributed by atoms with Crippen molar-refractivity contribution in [3.8, 4) is 0 Å². The molecule has 0 heterocycles. The van der Waals surface area contributed by atoms with Crippen LogP contribution < -0.4 is 0 Å². The van der Waals surface area contributed by atoms with E-state index in [1.807, 2.05) is 0 Å². The molecule has 6 nitrogen and oxygen atoms in total. The van der Waals surface area contributed by atoms with E-state index < -0.39 is 29.8 Å². The first-order valence-corrected chi connectivity index (χ1v) is 8.29. The van der Waals surface area contributed by atoms with Crippen molar-refractivity contribution in [2.24, 2.45) is 0 Å². The number of hydrogen-bond acceptors (Lipinski definition) is 4. The van der Waals surface area contributed by atoms with Crippen LogP contribution in [0.4, 0.5) is 0 Å². The average molecular weight is 300 g/mol. The zero-order chi connectivity index (χ0) is 7.71. The minimum atomic E-state index is -4.56. The molecule has 0 aromatic heterocycles. The molecule has 10 heavy (non-hydrogen) atoms. The van der Waals surface area contributed by atoms with Gasteiger partial charge in [-0.25, -0.2) is 0 Å². The molecule has 66 valence electrons. The Morgan fingerprint density at radius 3 is 1.10 bits per heavy atom. The van der Waals surface area contributed by atoms with Gasteiger partial charge in [0, 0.05) is 16.5 Å².